The number of nitrogens with zero attached hydrogens (tertiary/aromatic N) is 1. The number of likely N-dealkylation sites (tertiary alicyclic amines) is 1. The second-order valence-electron chi connectivity index (χ2n) is 4.97. The van der Waals surface area contributed by atoms with Gasteiger partial charge in [0, 0.05) is 0 Å². The minimum Gasteiger partial charge on any atom is -0.306 e. The fourth-order valence-corrected chi connectivity index (χ4v) is 2.24. The predicted molar refractivity (Wildman–Crippen MR) is 83.6 cm³/mol. The highest BCUT2D eigenvalue weighted by molar-refractivity contribution is 5.44. The van der Waals surface area contributed by atoms with Crippen molar-refractivity contribution >= 4 is 6.29 Å². The number of carbonyl (C=O) groups is 1. The van der Waals surface area contributed by atoms with Crippen LogP contribution in [0.3, 0.4) is 0 Å². The number of carbonyl (C=O) groups excluding carboxylic acids is 1. The normalized spacial score (nSPS) is 17.3. The van der Waals surface area contributed by atoms with Crippen LogP contribution in [0.25, 0.3) is 0 Å². The minimum atomic E-state index is 0.410. The Hall–Kier alpha value is -1.15. The first-order valence-corrected chi connectivity index (χ1v) is 7.26. The number of hydrogen-bond acceptors (Lipinski definition) is 2. The Morgan fingerprint density at radius 2 is 1.53 bits per heavy atom. The third kappa shape index (κ3) is 6.02. The van der Waals surface area contributed by atoms with Crippen LogP contribution >= 0.6 is 0 Å². The van der Waals surface area contributed by atoms with Crippen molar-refractivity contribution in [1.82, 2.24) is 4.90 Å². The van der Waals surface area contributed by atoms with E-state index >= 15 is 0 Å². The lowest BCUT2D eigenvalue weighted by Gasteiger charge is -2.38. The summed E-state index contributed by atoms with van der Waals surface area (Å²) in [4.78, 5) is 11.2. The van der Waals surface area contributed by atoms with Gasteiger partial charge in [0.05, 0.1) is 0 Å². The fraction of sp³-hybridized carbons (Fsp3) is 0.588. The average molecular weight is 263 g/mol. The van der Waals surface area contributed by atoms with Gasteiger partial charge in [0.15, 0.2) is 0 Å². The van der Waals surface area contributed by atoms with E-state index in [1.54, 1.807) is 0 Å². The Labute approximate surface area is 118 Å². The van der Waals surface area contributed by atoms with E-state index in [9.17, 15) is 0 Å². The van der Waals surface area contributed by atoms with Crippen molar-refractivity contribution in [1.29, 1.82) is 0 Å². The van der Waals surface area contributed by atoms with Crippen LogP contribution < -0.4 is 0 Å². The van der Waals surface area contributed by atoms with Crippen molar-refractivity contribution in [3.63, 3.8) is 0 Å². The maximum Gasteiger partial charge on any atom is 0.116 e. The molecule has 0 bridgehead atoms. The molecule has 2 rings (SSSR count). The van der Waals surface area contributed by atoms with E-state index in [1.807, 2.05) is 13.8 Å². The highest BCUT2D eigenvalue weighted by atomic mass is 16.1. The number of aldehydes is 1. The SMILES string of the molecule is CC.CC=O.CN1CCC(C)(c2ccccc2)CC1. The van der Waals surface area contributed by atoms with Gasteiger partial charge in [-0.25, -0.2) is 0 Å². The molecule has 2 nitrogen and oxygen atoms in total. The predicted octanol–water partition coefficient (Wildman–Crippen LogP) is 3.90. The van der Waals surface area contributed by atoms with Gasteiger partial charge in [-0.1, -0.05) is 51.1 Å². The Kier molecular flexibility index (Phi) is 9.15. The molecular weight excluding hydrogens is 234 g/mol. The lowest BCUT2D eigenvalue weighted by atomic mass is 9.75. The molecule has 0 radical (unpaired) electrons. The summed E-state index contributed by atoms with van der Waals surface area (Å²) in [7, 11) is 2.21. The van der Waals surface area contributed by atoms with Crippen molar-refractivity contribution in [3.05, 3.63) is 35.9 Å². The van der Waals surface area contributed by atoms with Crippen molar-refractivity contribution in [2.24, 2.45) is 0 Å². The molecule has 0 unspecified atom stereocenters. The van der Waals surface area contributed by atoms with Crippen LogP contribution in [0.2, 0.25) is 0 Å². The number of rotatable bonds is 1. The summed E-state index contributed by atoms with van der Waals surface area (Å²) in [5.74, 6) is 0. The molecule has 0 saturated carbocycles. The molecule has 2 heteroatoms. The first-order chi connectivity index (χ1) is 9.12. The largest absolute Gasteiger partial charge is 0.306 e. The minimum absolute atomic E-state index is 0.410. The zero-order valence-electron chi connectivity index (χ0n) is 13.1. The summed E-state index contributed by atoms with van der Waals surface area (Å²) in [6, 6.07) is 10.9. The summed E-state index contributed by atoms with van der Waals surface area (Å²) >= 11 is 0. The van der Waals surface area contributed by atoms with Crippen LogP contribution in [0.15, 0.2) is 30.3 Å². The highest BCUT2D eigenvalue weighted by Crippen LogP contribution is 2.34. The van der Waals surface area contributed by atoms with E-state index in [4.69, 9.17) is 4.79 Å². The number of benzene rings is 1. The van der Waals surface area contributed by atoms with Crippen LogP contribution in [0, 0.1) is 0 Å². The Bertz CT molecular complexity index is 326. The van der Waals surface area contributed by atoms with E-state index in [0.717, 1.165) is 6.29 Å². The summed E-state index contributed by atoms with van der Waals surface area (Å²) < 4.78 is 0. The molecule has 0 aliphatic carbocycles. The van der Waals surface area contributed by atoms with Gasteiger partial charge in [-0.05, 0) is 50.9 Å². The third-order valence-electron chi connectivity index (χ3n) is 3.56. The highest BCUT2D eigenvalue weighted by Gasteiger charge is 2.29. The van der Waals surface area contributed by atoms with Crippen LogP contribution in [-0.2, 0) is 10.2 Å². The Morgan fingerprint density at radius 3 is 1.95 bits per heavy atom. The molecule has 1 fully saturated rings. The lowest BCUT2D eigenvalue weighted by Crippen LogP contribution is -2.38. The monoisotopic (exact) mass is 263 g/mol. The molecule has 1 aliphatic rings. The second kappa shape index (κ2) is 9.74. The molecule has 1 aromatic carbocycles. The van der Waals surface area contributed by atoms with Gasteiger partial charge in [-0.3, -0.25) is 0 Å². The van der Waals surface area contributed by atoms with Crippen molar-refractivity contribution in [3.8, 4) is 0 Å². The van der Waals surface area contributed by atoms with Crippen molar-refractivity contribution in [2.45, 2.75) is 46.0 Å². The molecule has 0 N–H and O–H groups in total. The zero-order valence-corrected chi connectivity index (χ0v) is 13.1. The molecule has 108 valence electrons. The topological polar surface area (TPSA) is 20.3 Å². The van der Waals surface area contributed by atoms with E-state index < -0.39 is 0 Å². The quantitative estimate of drug-likeness (QED) is 0.716. The van der Waals surface area contributed by atoms with Gasteiger partial charge < -0.3 is 9.69 Å². The van der Waals surface area contributed by atoms with Crippen LogP contribution in [-0.4, -0.2) is 31.3 Å². The molecule has 0 atom stereocenters. The van der Waals surface area contributed by atoms with Crippen molar-refractivity contribution < 1.29 is 4.79 Å². The number of hydrogen-bond donors (Lipinski definition) is 0. The molecule has 0 aromatic heterocycles. The number of piperidine rings is 1. The molecule has 1 saturated heterocycles. The lowest BCUT2D eigenvalue weighted by molar-refractivity contribution is -0.106. The molecule has 1 heterocycles. The van der Waals surface area contributed by atoms with Gasteiger partial charge >= 0.3 is 0 Å². The smallest absolute Gasteiger partial charge is 0.116 e. The fourth-order valence-electron chi connectivity index (χ4n) is 2.24. The molecular formula is C17H29NO. The van der Waals surface area contributed by atoms with Gasteiger partial charge in [0.25, 0.3) is 0 Å². The maximum absolute atomic E-state index is 8.81. The molecule has 1 aromatic rings. The van der Waals surface area contributed by atoms with Gasteiger partial charge in [-0.2, -0.15) is 0 Å². The Morgan fingerprint density at radius 1 is 1.11 bits per heavy atom. The molecule has 0 spiro atoms. The van der Waals surface area contributed by atoms with Gasteiger partial charge in [-0.15, -0.1) is 0 Å². The van der Waals surface area contributed by atoms with Crippen LogP contribution in [0.4, 0.5) is 0 Å². The summed E-state index contributed by atoms with van der Waals surface area (Å²) in [5, 5.41) is 0. The van der Waals surface area contributed by atoms with E-state index in [2.05, 4.69) is 49.2 Å². The third-order valence-corrected chi connectivity index (χ3v) is 3.56. The van der Waals surface area contributed by atoms with Crippen molar-refractivity contribution in [2.75, 3.05) is 20.1 Å². The van der Waals surface area contributed by atoms with Gasteiger partial charge in [0.2, 0.25) is 0 Å². The molecule has 19 heavy (non-hydrogen) atoms. The van der Waals surface area contributed by atoms with Crippen LogP contribution in [0.1, 0.15) is 46.1 Å². The first-order valence-electron chi connectivity index (χ1n) is 7.26. The maximum atomic E-state index is 8.81. The van der Waals surface area contributed by atoms with E-state index in [1.165, 1.54) is 38.4 Å². The zero-order chi connectivity index (χ0) is 14.7. The van der Waals surface area contributed by atoms with Gasteiger partial charge in [0.1, 0.15) is 6.29 Å². The summed E-state index contributed by atoms with van der Waals surface area (Å²) in [6.07, 6.45) is 3.32. The molecule has 0 amide bonds. The second-order valence-corrected chi connectivity index (χ2v) is 4.97. The standard InChI is InChI=1S/C13H19N.C2H4O.C2H6/c1-13(8-10-14(2)11-9-13)12-6-4-3-5-7-12;1-2-3;1-2/h3-7H,8-11H2,1-2H3;2H,1H3;1-2H3. The van der Waals surface area contributed by atoms with E-state index in [0.29, 0.717) is 5.41 Å². The average Bonchev–Trinajstić information content (AvgIpc) is 2.46. The summed E-state index contributed by atoms with van der Waals surface area (Å²) in [5.41, 5.74) is 1.92. The van der Waals surface area contributed by atoms with Crippen LogP contribution in [0.5, 0.6) is 0 Å². The van der Waals surface area contributed by atoms with E-state index in [-0.39, 0.29) is 0 Å². The Balaban J connectivity index is 0.000000573. The summed E-state index contributed by atoms with van der Waals surface area (Å²) in [6.45, 7) is 10.3. The molecule has 1 aliphatic heterocycles. The first kappa shape index (κ1) is 17.8.